The second kappa shape index (κ2) is 7.86. The molecule has 1 aliphatic rings. The average molecular weight is 432 g/mol. The Hall–Kier alpha value is -3.27. The highest BCUT2D eigenvalue weighted by Crippen LogP contribution is 2.32. The van der Waals surface area contributed by atoms with Gasteiger partial charge in [0.05, 0.1) is 17.1 Å². The van der Waals surface area contributed by atoms with Crippen LogP contribution in [0, 0.1) is 0 Å². The van der Waals surface area contributed by atoms with Crippen molar-refractivity contribution in [3.05, 3.63) is 77.9 Å². The Kier molecular flexibility index (Phi) is 5.25. The SMILES string of the molecule is O=C(NCc1nccn1C(F)F)c1cccc(S(=O)(=O)N2CCc3ccccc32)c1. The number of imidazole rings is 1. The molecule has 2 heterocycles. The lowest BCUT2D eigenvalue weighted by atomic mass is 10.2. The first-order chi connectivity index (χ1) is 14.4. The molecule has 0 radical (unpaired) electrons. The Morgan fingerprint density at radius 3 is 2.77 bits per heavy atom. The zero-order valence-corrected chi connectivity index (χ0v) is 16.5. The normalized spacial score (nSPS) is 13.5. The van der Waals surface area contributed by atoms with E-state index in [-0.39, 0.29) is 22.8 Å². The number of fused-ring (bicyclic) bond motifs is 1. The van der Waals surface area contributed by atoms with Crippen molar-refractivity contribution in [1.82, 2.24) is 14.9 Å². The minimum atomic E-state index is -3.85. The zero-order valence-electron chi connectivity index (χ0n) is 15.7. The van der Waals surface area contributed by atoms with Crippen LogP contribution >= 0.6 is 0 Å². The number of alkyl halides is 2. The predicted octanol–water partition coefficient (Wildman–Crippen LogP) is 2.96. The van der Waals surface area contributed by atoms with Gasteiger partial charge in [-0.25, -0.2) is 13.4 Å². The van der Waals surface area contributed by atoms with Crippen LogP contribution in [-0.2, 0) is 23.0 Å². The first-order valence-electron chi connectivity index (χ1n) is 9.16. The monoisotopic (exact) mass is 432 g/mol. The maximum atomic E-state index is 13.1. The van der Waals surface area contributed by atoms with Gasteiger partial charge in [0.25, 0.3) is 15.9 Å². The summed E-state index contributed by atoms with van der Waals surface area (Å²) in [5, 5.41) is 2.50. The van der Waals surface area contributed by atoms with Crippen LogP contribution in [0.4, 0.5) is 14.5 Å². The van der Waals surface area contributed by atoms with E-state index in [0.29, 0.717) is 23.2 Å². The molecule has 3 aromatic rings. The number of rotatable bonds is 6. The minimum Gasteiger partial charge on any atom is -0.345 e. The molecule has 0 unspecified atom stereocenters. The molecule has 1 N–H and O–H groups in total. The highest BCUT2D eigenvalue weighted by atomic mass is 32.2. The summed E-state index contributed by atoms with van der Waals surface area (Å²) in [5.74, 6) is -0.589. The Balaban J connectivity index is 1.54. The first kappa shape index (κ1) is 20.0. The van der Waals surface area contributed by atoms with Crippen molar-refractivity contribution in [3.63, 3.8) is 0 Å². The van der Waals surface area contributed by atoms with E-state index < -0.39 is 22.5 Å². The highest BCUT2D eigenvalue weighted by molar-refractivity contribution is 7.92. The number of halogens is 2. The van der Waals surface area contributed by atoms with E-state index in [9.17, 15) is 22.0 Å². The van der Waals surface area contributed by atoms with Crippen LogP contribution in [0.2, 0.25) is 0 Å². The van der Waals surface area contributed by atoms with E-state index in [4.69, 9.17) is 0 Å². The summed E-state index contributed by atoms with van der Waals surface area (Å²) in [4.78, 5) is 16.3. The van der Waals surface area contributed by atoms with Crippen molar-refractivity contribution >= 4 is 21.6 Å². The maximum Gasteiger partial charge on any atom is 0.319 e. The van der Waals surface area contributed by atoms with Crippen LogP contribution in [0.25, 0.3) is 0 Å². The number of nitrogens with one attached hydrogen (secondary N) is 1. The van der Waals surface area contributed by atoms with Crippen molar-refractivity contribution < 1.29 is 22.0 Å². The Labute approximate surface area is 172 Å². The van der Waals surface area contributed by atoms with E-state index in [2.05, 4.69) is 10.3 Å². The largest absolute Gasteiger partial charge is 0.345 e. The van der Waals surface area contributed by atoms with E-state index >= 15 is 0 Å². The molecule has 7 nitrogen and oxygen atoms in total. The number of amides is 1. The van der Waals surface area contributed by atoms with Gasteiger partial charge in [-0.05, 0) is 36.2 Å². The molecule has 0 saturated heterocycles. The summed E-state index contributed by atoms with van der Waals surface area (Å²) in [5.41, 5.74) is 1.69. The maximum absolute atomic E-state index is 13.1. The lowest BCUT2D eigenvalue weighted by Crippen LogP contribution is -2.29. The van der Waals surface area contributed by atoms with E-state index in [1.165, 1.54) is 34.8 Å². The lowest BCUT2D eigenvalue weighted by molar-refractivity contribution is 0.0660. The number of aromatic nitrogens is 2. The van der Waals surface area contributed by atoms with Gasteiger partial charge in [-0.3, -0.25) is 13.7 Å². The Morgan fingerprint density at radius 2 is 1.97 bits per heavy atom. The fourth-order valence-corrected chi connectivity index (χ4v) is 4.95. The summed E-state index contributed by atoms with van der Waals surface area (Å²) in [6, 6.07) is 12.9. The number of hydrogen-bond donors (Lipinski definition) is 1. The highest BCUT2D eigenvalue weighted by Gasteiger charge is 2.31. The molecule has 1 amide bonds. The smallest absolute Gasteiger partial charge is 0.319 e. The van der Waals surface area contributed by atoms with E-state index in [1.54, 1.807) is 12.1 Å². The van der Waals surface area contributed by atoms with Gasteiger partial charge >= 0.3 is 6.55 Å². The second-order valence-corrected chi connectivity index (χ2v) is 8.56. The van der Waals surface area contributed by atoms with Crippen LogP contribution in [0.3, 0.4) is 0 Å². The third-order valence-electron chi connectivity index (χ3n) is 4.89. The summed E-state index contributed by atoms with van der Waals surface area (Å²) in [6.45, 7) is -2.66. The van der Waals surface area contributed by atoms with Crippen LogP contribution in [-0.4, -0.2) is 30.4 Å². The second-order valence-electron chi connectivity index (χ2n) is 6.69. The van der Waals surface area contributed by atoms with Crippen LogP contribution in [0.5, 0.6) is 0 Å². The van der Waals surface area contributed by atoms with E-state index in [1.807, 2.05) is 12.1 Å². The van der Waals surface area contributed by atoms with Gasteiger partial charge in [0.1, 0.15) is 5.82 Å². The van der Waals surface area contributed by atoms with Gasteiger partial charge in [0.2, 0.25) is 0 Å². The van der Waals surface area contributed by atoms with Gasteiger partial charge < -0.3 is 5.32 Å². The number of hydrogen-bond acceptors (Lipinski definition) is 4. The predicted molar refractivity (Wildman–Crippen MR) is 106 cm³/mol. The molecule has 0 aliphatic carbocycles. The topological polar surface area (TPSA) is 84.3 Å². The molecule has 0 spiro atoms. The fourth-order valence-electron chi connectivity index (χ4n) is 3.40. The number of carbonyl (C=O) groups excluding carboxylic acids is 1. The first-order valence-corrected chi connectivity index (χ1v) is 10.6. The molecular formula is C20H18F2N4O3S. The van der Waals surface area contributed by atoms with Gasteiger partial charge in [-0.2, -0.15) is 8.78 Å². The van der Waals surface area contributed by atoms with Crippen molar-refractivity contribution in [2.45, 2.75) is 24.4 Å². The Morgan fingerprint density at radius 1 is 1.17 bits per heavy atom. The standard InChI is InChI=1S/C20H18F2N4O3S/c21-20(22)25-11-9-23-18(25)13-24-19(27)15-5-3-6-16(12-15)30(28,29)26-10-8-14-4-1-2-7-17(14)26/h1-7,9,11-12,20H,8,10,13H2,(H,24,27). The summed E-state index contributed by atoms with van der Waals surface area (Å²) in [6.07, 6.45) is 2.95. The number of anilines is 1. The van der Waals surface area contributed by atoms with Gasteiger partial charge in [0, 0.05) is 24.5 Å². The van der Waals surface area contributed by atoms with Crippen molar-refractivity contribution in [3.8, 4) is 0 Å². The minimum absolute atomic E-state index is 0.00389. The van der Waals surface area contributed by atoms with Crippen molar-refractivity contribution in [1.29, 1.82) is 0 Å². The number of sulfonamides is 1. The zero-order chi connectivity index (χ0) is 21.3. The molecule has 0 saturated carbocycles. The molecule has 4 rings (SSSR count). The van der Waals surface area contributed by atoms with Crippen molar-refractivity contribution in [2.24, 2.45) is 0 Å². The number of nitrogens with zero attached hydrogens (tertiary/aromatic N) is 3. The van der Waals surface area contributed by atoms with Crippen LogP contribution in [0.1, 0.15) is 28.3 Å². The molecular weight excluding hydrogens is 414 g/mol. The number of benzene rings is 2. The van der Waals surface area contributed by atoms with Gasteiger partial charge in [-0.1, -0.05) is 24.3 Å². The summed E-state index contributed by atoms with van der Waals surface area (Å²) >= 11 is 0. The third-order valence-corrected chi connectivity index (χ3v) is 6.70. The van der Waals surface area contributed by atoms with Crippen molar-refractivity contribution in [2.75, 3.05) is 10.8 Å². The number of para-hydroxylation sites is 1. The molecule has 10 heteroatoms. The molecule has 1 aromatic heterocycles. The molecule has 156 valence electrons. The fraction of sp³-hybridized carbons (Fsp3) is 0.200. The van der Waals surface area contributed by atoms with E-state index in [0.717, 1.165) is 11.8 Å². The molecule has 0 atom stereocenters. The summed E-state index contributed by atoms with van der Waals surface area (Å²) < 4.78 is 54.0. The molecule has 30 heavy (non-hydrogen) atoms. The molecule has 1 aliphatic heterocycles. The number of carbonyl (C=O) groups is 1. The lowest BCUT2D eigenvalue weighted by Gasteiger charge is -2.20. The van der Waals surface area contributed by atoms with Gasteiger partial charge in [0.15, 0.2) is 0 Å². The average Bonchev–Trinajstić information content (AvgIpc) is 3.39. The molecule has 2 aromatic carbocycles. The quantitative estimate of drug-likeness (QED) is 0.649. The van der Waals surface area contributed by atoms with Crippen LogP contribution < -0.4 is 9.62 Å². The Bertz CT molecular complexity index is 1190. The van der Waals surface area contributed by atoms with Crippen LogP contribution in [0.15, 0.2) is 65.8 Å². The molecule has 0 bridgehead atoms. The van der Waals surface area contributed by atoms with Gasteiger partial charge in [-0.15, -0.1) is 0 Å². The third kappa shape index (κ3) is 3.65. The molecule has 0 fully saturated rings. The summed E-state index contributed by atoms with van der Waals surface area (Å²) in [7, 11) is -3.85.